The van der Waals surface area contributed by atoms with Crippen LogP contribution in [0.15, 0.2) is 57.9 Å². The van der Waals surface area contributed by atoms with Crippen molar-refractivity contribution >= 4 is 26.0 Å². The van der Waals surface area contributed by atoms with E-state index < -0.39 is 21.4 Å². The molecule has 0 radical (unpaired) electrons. The first-order chi connectivity index (χ1) is 11.6. The number of halogens is 2. The lowest BCUT2D eigenvalue weighted by Gasteiger charge is -2.30. The summed E-state index contributed by atoms with van der Waals surface area (Å²) in [6.07, 6.45) is 0. The van der Waals surface area contributed by atoms with Gasteiger partial charge in [-0.2, -0.15) is 0 Å². The van der Waals surface area contributed by atoms with E-state index in [2.05, 4.69) is 26.0 Å². The van der Waals surface area contributed by atoms with Crippen molar-refractivity contribution < 1.29 is 12.8 Å². The maximum absolute atomic E-state index is 13.2. The molecular formula is C18H22BrFN2O2S. The Morgan fingerprint density at radius 1 is 1.16 bits per heavy atom. The van der Waals surface area contributed by atoms with E-state index >= 15 is 0 Å². The van der Waals surface area contributed by atoms with Gasteiger partial charge in [0.1, 0.15) is 5.82 Å². The lowest BCUT2D eigenvalue weighted by molar-refractivity contribution is 0.346. The molecule has 1 atom stereocenters. The summed E-state index contributed by atoms with van der Waals surface area (Å²) < 4.78 is 40.9. The van der Waals surface area contributed by atoms with Gasteiger partial charge in [-0.3, -0.25) is 0 Å². The quantitative estimate of drug-likeness (QED) is 0.700. The van der Waals surface area contributed by atoms with Crippen LogP contribution in [0, 0.1) is 5.82 Å². The molecule has 7 heteroatoms. The molecule has 0 fully saturated rings. The van der Waals surface area contributed by atoms with Crippen LogP contribution in [0.3, 0.4) is 0 Å². The minimum Gasteiger partial charge on any atom is -0.304 e. The second kappa shape index (κ2) is 7.95. The second-order valence-electron chi connectivity index (χ2n) is 6.56. The SMILES string of the molecule is CC(NC(C)(C)CNS(=O)(=O)c1ccc(F)cc1Br)c1ccccc1. The van der Waals surface area contributed by atoms with Crippen molar-refractivity contribution in [1.29, 1.82) is 0 Å². The molecule has 0 aliphatic rings. The fourth-order valence-electron chi connectivity index (χ4n) is 2.51. The van der Waals surface area contributed by atoms with Crippen LogP contribution in [0.1, 0.15) is 32.4 Å². The van der Waals surface area contributed by atoms with Gasteiger partial charge >= 0.3 is 0 Å². The Morgan fingerprint density at radius 2 is 1.80 bits per heavy atom. The Hall–Kier alpha value is -1.28. The highest BCUT2D eigenvalue weighted by Crippen LogP contribution is 2.23. The highest BCUT2D eigenvalue weighted by Gasteiger charge is 2.25. The third-order valence-corrected chi connectivity index (χ3v) is 6.17. The Morgan fingerprint density at radius 3 is 2.40 bits per heavy atom. The van der Waals surface area contributed by atoms with Crippen LogP contribution < -0.4 is 10.0 Å². The largest absolute Gasteiger partial charge is 0.304 e. The van der Waals surface area contributed by atoms with Gasteiger partial charge in [0.05, 0.1) is 4.90 Å². The van der Waals surface area contributed by atoms with E-state index in [0.29, 0.717) is 0 Å². The van der Waals surface area contributed by atoms with Gasteiger partial charge < -0.3 is 5.32 Å². The molecule has 0 saturated heterocycles. The fraction of sp³-hybridized carbons (Fsp3) is 0.333. The van der Waals surface area contributed by atoms with Gasteiger partial charge in [-0.25, -0.2) is 17.5 Å². The summed E-state index contributed by atoms with van der Waals surface area (Å²) in [5.41, 5.74) is 0.647. The molecule has 4 nitrogen and oxygen atoms in total. The minimum atomic E-state index is -3.74. The van der Waals surface area contributed by atoms with E-state index in [0.717, 1.165) is 17.7 Å². The van der Waals surface area contributed by atoms with E-state index in [4.69, 9.17) is 0 Å². The van der Waals surface area contributed by atoms with Crippen LogP contribution in [-0.2, 0) is 10.0 Å². The van der Waals surface area contributed by atoms with Gasteiger partial charge in [0, 0.05) is 22.6 Å². The molecule has 1 unspecified atom stereocenters. The normalized spacial score (nSPS) is 13.6. The molecule has 0 amide bonds. The van der Waals surface area contributed by atoms with Crippen molar-refractivity contribution in [3.8, 4) is 0 Å². The molecule has 0 aromatic heterocycles. The zero-order valence-corrected chi connectivity index (χ0v) is 16.8. The molecule has 0 bridgehead atoms. The van der Waals surface area contributed by atoms with E-state index in [1.54, 1.807) is 0 Å². The van der Waals surface area contributed by atoms with Crippen molar-refractivity contribution in [3.63, 3.8) is 0 Å². The third kappa shape index (κ3) is 5.60. The van der Waals surface area contributed by atoms with Gasteiger partial charge in [-0.15, -0.1) is 0 Å². The van der Waals surface area contributed by atoms with E-state index in [-0.39, 0.29) is 22.0 Å². The topological polar surface area (TPSA) is 58.2 Å². The van der Waals surface area contributed by atoms with Gasteiger partial charge in [-0.1, -0.05) is 30.3 Å². The van der Waals surface area contributed by atoms with Crippen molar-refractivity contribution in [2.75, 3.05) is 6.54 Å². The van der Waals surface area contributed by atoms with Crippen LogP contribution in [0.4, 0.5) is 4.39 Å². The smallest absolute Gasteiger partial charge is 0.241 e. The third-order valence-electron chi connectivity index (χ3n) is 3.79. The van der Waals surface area contributed by atoms with Crippen LogP contribution in [0.25, 0.3) is 0 Å². The average Bonchev–Trinajstić information content (AvgIpc) is 2.53. The fourth-order valence-corrected chi connectivity index (χ4v) is 4.77. The summed E-state index contributed by atoms with van der Waals surface area (Å²) in [7, 11) is -3.74. The van der Waals surface area contributed by atoms with Crippen LogP contribution >= 0.6 is 15.9 Å². The molecule has 2 rings (SSSR count). The Kier molecular flexibility index (Phi) is 6.37. The summed E-state index contributed by atoms with van der Waals surface area (Å²) in [5.74, 6) is -0.496. The highest BCUT2D eigenvalue weighted by atomic mass is 79.9. The Labute approximate surface area is 157 Å². The minimum absolute atomic E-state index is 0.0146. The highest BCUT2D eigenvalue weighted by molar-refractivity contribution is 9.10. The maximum atomic E-state index is 13.2. The van der Waals surface area contributed by atoms with E-state index in [1.807, 2.05) is 51.1 Å². The standard InChI is InChI=1S/C18H22BrFN2O2S/c1-13(14-7-5-4-6-8-14)22-18(2,3)12-21-25(23,24)17-10-9-15(20)11-16(17)19/h4-11,13,21-22H,12H2,1-3H3. The number of hydrogen-bond acceptors (Lipinski definition) is 3. The van der Waals surface area contributed by atoms with Crippen LogP contribution in [0.2, 0.25) is 0 Å². The van der Waals surface area contributed by atoms with Gasteiger partial charge in [0.2, 0.25) is 10.0 Å². The average molecular weight is 429 g/mol. The summed E-state index contributed by atoms with van der Waals surface area (Å²) in [4.78, 5) is 0.0146. The Balaban J connectivity index is 2.05. The summed E-state index contributed by atoms with van der Waals surface area (Å²) in [5, 5.41) is 3.42. The zero-order valence-electron chi connectivity index (χ0n) is 14.4. The summed E-state index contributed by atoms with van der Waals surface area (Å²) in [6.45, 7) is 6.07. The molecule has 25 heavy (non-hydrogen) atoms. The number of hydrogen-bond donors (Lipinski definition) is 2. The molecule has 0 aliphatic carbocycles. The first kappa shape index (κ1) is 20.0. The van der Waals surface area contributed by atoms with Gasteiger partial charge in [-0.05, 0) is 60.5 Å². The van der Waals surface area contributed by atoms with Crippen molar-refractivity contribution in [3.05, 3.63) is 64.4 Å². The van der Waals surface area contributed by atoms with Crippen LogP contribution in [-0.4, -0.2) is 20.5 Å². The molecular weight excluding hydrogens is 407 g/mol. The molecule has 0 aliphatic heterocycles. The molecule has 2 aromatic rings. The summed E-state index contributed by atoms with van der Waals surface area (Å²) in [6, 6.07) is 13.5. The first-order valence-electron chi connectivity index (χ1n) is 7.88. The predicted octanol–water partition coefficient (Wildman–Crippen LogP) is 4.00. The molecule has 136 valence electrons. The molecule has 2 aromatic carbocycles. The van der Waals surface area contributed by atoms with Crippen molar-refractivity contribution in [2.45, 2.75) is 37.2 Å². The number of sulfonamides is 1. The lowest BCUT2D eigenvalue weighted by Crippen LogP contribution is -2.49. The van der Waals surface area contributed by atoms with Gasteiger partial charge in [0.25, 0.3) is 0 Å². The van der Waals surface area contributed by atoms with E-state index in [1.165, 1.54) is 6.07 Å². The second-order valence-corrected chi connectivity index (χ2v) is 9.15. The molecule has 0 heterocycles. The maximum Gasteiger partial charge on any atom is 0.241 e. The Bertz CT molecular complexity index is 826. The van der Waals surface area contributed by atoms with Crippen LogP contribution in [0.5, 0.6) is 0 Å². The number of benzene rings is 2. The monoisotopic (exact) mass is 428 g/mol. The predicted molar refractivity (Wildman–Crippen MR) is 101 cm³/mol. The van der Waals surface area contributed by atoms with E-state index in [9.17, 15) is 12.8 Å². The van der Waals surface area contributed by atoms with Crippen molar-refractivity contribution in [1.82, 2.24) is 10.0 Å². The lowest BCUT2D eigenvalue weighted by atomic mass is 10.0. The van der Waals surface area contributed by atoms with Gasteiger partial charge in [0.15, 0.2) is 0 Å². The number of rotatable bonds is 7. The molecule has 0 saturated carbocycles. The summed E-state index contributed by atoms with van der Waals surface area (Å²) >= 11 is 3.10. The molecule has 0 spiro atoms. The van der Waals surface area contributed by atoms with Crippen molar-refractivity contribution in [2.24, 2.45) is 0 Å². The number of nitrogens with one attached hydrogen (secondary N) is 2. The first-order valence-corrected chi connectivity index (χ1v) is 10.2. The molecule has 2 N–H and O–H groups in total. The zero-order chi connectivity index (χ0) is 18.7.